The molecule has 2 rings (SSSR count). The number of nitrogens with one attached hydrogen (secondary N) is 2. The molecule has 0 aliphatic rings. The number of rotatable bonds is 8. The van der Waals surface area contributed by atoms with E-state index in [1.165, 1.54) is 11.3 Å². The predicted octanol–water partition coefficient (Wildman–Crippen LogP) is 3.16. The Labute approximate surface area is 156 Å². The minimum atomic E-state index is 0.372. The molecule has 26 heavy (non-hydrogen) atoms. The molecule has 1 heterocycles. The van der Waals surface area contributed by atoms with Gasteiger partial charge in [-0.1, -0.05) is 31.1 Å². The van der Waals surface area contributed by atoms with Crippen LogP contribution in [0.15, 0.2) is 39.8 Å². The highest BCUT2D eigenvalue weighted by molar-refractivity contribution is 5.79. The molecule has 0 aliphatic carbocycles. The Balaban J connectivity index is 1.69. The molecule has 6 heteroatoms. The number of anilines is 1. The Bertz CT molecular complexity index is 688. The smallest absolute Gasteiger partial charge is 0.191 e. The third-order valence-corrected chi connectivity index (χ3v) is 4.21. The van der Waals surface area contributed by atoms with Gasteiger partial charge in [-0.2, -0.15) is 0 Å². The number of hydrogen-bond donors (Lipinski definition) is 2. The molecule has 0 aliphatic heterocycles. The van der Waals surface area contributed by atoms with E-state index >= 15 is 0 Å². The second-order valence-electron chi connectivity index (χ2n) is 6.89. The van der Waals surface area contributed by atoms with E-state index in [1.54, 1.807) is 7.05 Å². The zero-order valence-electron chi connectivity index (χ0n) is 16.5. The molecular weight excluding hydrogens is 326 g/mol. The van der Waals surface area contributed by atoms with Crippen molar-refractivity contribution in [3.8, 4) is 0 Å². The van der Waals surface area contributed by atoms with E-state index in [-0.39, 0.29) is 0 Å². The van der Waals surface area contributed by atoms with Crippen molar-refractivity contribution >= 4 is 11.6 Å². The van der Waals surface area contributed by atoms with E-state index in [4.69, 9.17) is 4.52 Å². The summed E-state index contributed by atoms with van der Waals surface area (Å²) < 4.78 is 5.33. The Morgan fingerprint density at radius 3 is 2.50 bits per heavy atom. The average Bonchev–Trinajstić information content (AvgIpc) is 3.11. The van der Waals surface area contributed by atoms with E-state index < -0.39 is 0 Å². The molecule has 0 unspecified atom stereocenters. The first kappa shape index (κ1) is 19.8. The SMILES string of the molecule is CN=C(NCCCc1ccc(N(C)C)cc1)NCc1cc(C(C)C)no1. The fourth-order valence-electron chi connectivity index (χ4n) is 2.54. The number of guanidine groups is 1. The summed E-state index contributed by atoms with van der Waals surface area (Å²) >= 11 is 0. The summed E-state index contributed by atoms with van der Waals surface area (Å²) in [5.74, 6) is 1.96. The molecule has 0 bridgehead atoms. The lowest BCUT2D eigenvalue weighted by Crippen LogP contribution is -2.37. The van der Waals surface area contributed by atoms with Crippen molar-refractivity contribution in [1.82, 2.24) is 15.8 Å². The molecule has 2 aromatic rings. The Morgan fingerprint density at radius 1 is 1.19 bits per heavy atom. The molecule has 0 saturated carbocycles. The Hall–Kier alpha value is -2.50. The van der Waals surface area contributed by atoms with Crippen molar-refractivity contribution in [2.75, 3.05) is 32.6 Å². The molecule has 0 amide bonds. The second kappa shape index (κ2) is 9.85. The summed E-state index contributed by atoms with van der Waals surface area (Å²) in [4.78, 5) is 6.36. The Morgan fingerprint density at radius 2 is 1.92 bits per heavy atom. The number of benzene rings is 1. The van der Waals surface area contributed by atoms with Crippen LogP contribution in [0, 0.1) is 0 Å². The standard InChI is InChI=1S/C20H31N5O/c1-15(2)19-13-18(26-24-19)14-23-20(21-3)22-12-6-7-16-8-10-17(11-9-16)25(4)5/h8-11,13,15H,6-7,12,14H2,1-5H3,(H2,21,22,23). The highest BCUT2D eigenvalue weighted by Gasteiger charge is 2.08. The zero-order valence-corrected chi connectivity index (χ0v) is 16.5. The molecule has 2 N–H and O–H groups in total. The van der Waals surface area contributed by atoms with Gasteiger partial charge in [-0.25, -0.2) is 0 Å². The van der Waals surface area contributed by atoms with Crippen LogP contribution in [0.25, 0.3) is 0 Å². The van der Waals surface area contributed by atoms with Gasteiger partial charge in [0, 0.05) is 39.4 Å². The molecule has 0 spiro atoms. The van der Waals surface area contributed by atoms with Crippen molar-refractivity contribution < 1.29 is 4.52 Å². The minimum Gasteiger partial charge on any atom is -0.378 e. The summed E-state index contributed by atoms with van der Waals surface area (Å²) in [6.07, 6.45) is 2.08. The summed E-state index contributed by atoms with van der Waals surface area (Å²) in [5.41, 5.74) is 3.55. The lowest BCUT2D eigenvalue weighted by molar-refractivity contribution is 0.372. The second-order valence-corrected chi connectivity index (χ2v) is 6.89. The maximum absolute atomic E-state index is 5.33. The normalized spacial score (nSPS) is 11.7. The monoisotopic (exact) mass is 357 g/mol. The summed E-state index contributed by atoms with van der Waals surface area (Å²) in [6, 6.07) is 10.7. The van der Waals surface area contributed by atoms with Gasteiger partial charge >= 0.3 is 0 Å². The number of aryl methyl sites for hydroxylation is 1. The van der Waals surface area contributed by atoms with Crippen LogP contribution in [0.2, 0.25) is 0 Å². The number of aliphatic imine (C=N–C) groups is 1. The minimum absolute atomic E-state index is 0.372. The van der Waals surface area contributed by atoms with Gasteiger partial charge < -0.3 is 20.1 Å². The summed E-state index contributed by atoms with van der Waals surface area (Å²) in [6.45, 7) is 5.64. The van der Waals surface area contributed by atoms with Crippen LogP contribution in [0.3, 0.4) is 0 Å². The molecule has 142 valence electrons. The van der Waals surface area contributed by atoms with E-state index in [0.29, 0.717) is 12.5 Å². The number of nitrogens with zero attached hydrogens (tertiary/aromatic N) is 3. The van der Waals surface area contributed by atoms with Gasteiger partial charge in [0.25, 0.3) is 0 Å². The van der Waals surface area contributed by atoms with Crippen LogP contribution in [0.5, 0.6) is 0 Å². The summed E-state index contributed by atoms with van der Waals surface area (Å²) in [7, 11) is 5.88. The predicted molar refractivity (Wildman–Crippen MR) is 108 cm³/mol. The van der Waals surface area contributed by atoms with E-state index in [9.17, 15) is 0 Å². The fraction of sp³-hybridized carbons (Fsp3) is 0.500. The van der Waals surface area contributed by atoms with Gasteiger partial charge in [-0.3, -0.25) is 4.99 Å². The molecular formula is C20H31N5O. The molecule has 0 atom stereocenters. The quantitative estimate of drug-likeness (QED) is 0.432. The lowest BCUT2D eigenvalue weighted by atomic mass is 10.1. The van der Waals surface area contributed by atoms with Gasteiger partial charge in [0.2, 0.25) is 0 Å². The molecule has 6 nitrogen and oxygen atoms in total. The van der Waals surface area contributed by atoms with Gasteiger partial charge in [-0.15, -0.1) is 0 Å². The molecule has 0 saturated heterocycles. The number of hydrogen-bond acceptors (Lipinski definition) is 4. The zero-order chi connectivity index (χ0) is 18.9. The third kappa shape index (κ3) is 6.10. The van der Waals surface area contributed by atoms with Crippen LogP contribution in [0.1, 0.15) is 43.2 Å². The maximum Gasteiger partial charge on any atom is 0.191 e. The van der Waals surface area contributed by atoms with E-state index in [1.807, 2.05) is 6.07 Å². The average molecular weight is 358 g/mol. The van der Waals surface area contributed by atoms with Gasteiger partial charge in [0.15, 0.2) is 11.7 Å². The third-order valence-electron chi connectivity index (χ3n) is 4.21. The molecule has 1 aromatic carbocycles. The fourth-order valence-corrected chi connectivity index (χ4v) is 2.54. The van der Waals surface area contributed by atoms with Crippen molar-refractivity contribution in [3.05, 3.63) is 47.3 Å². The highest BCUT2D eigenvalue weighted by atomic mass is 16.5. The van der Waals surface area contributed by atoms with Crippen LogP contribution in [0.4, 0.5) is 5.69 Å². The first-order chi connectivity index (χ1) is 12.5. The van der Waals surface area contributed by atoms with Gasteiger partial charge in [0.1, 0.15) is 0 Å². The van der Waals surface area contributed by atoms with Crippen LogP contribution < -0.4 is 15.5 Å². The largest absolute Gasteiger partial charge is 0.378 e. The number of aromatic nitrogens is 1. The molecule has 0 fully saturated rings. The topological polar surface area (TPSA) is 65.7 Å². The van der Waals surface area contributed by atoms with Crippen LogP contribution >= 0.6 is 0 Å². The van der Waals surface area contributed by atoms with Crippen molar-refractivity contribution in [2.24, 2.45) is 4.99 Å². The molecule has 0 radical (unpaired) electrons. The van der Waals surface area contributed by atoms with Crippen LogP contribution in [-0.2, 0) is 13.0 Å². The van der Waals surface area contributed by atoms with Gasteiger partial charge in [-0.05, 0) is 36.5 Å². The first-order valence-electron chi connectivity index (χ1n) is 9.16. The van der Waals surface area contributed by atoms with E-state index in [0.717, 1.165) is 36.8 Å². The molecule has 1 aromatic heterocycles. The summed E-state index contributed by atoms with van der Waals surface area (Å²) in [5, 5.41) is 10.7. The van der Waals surface area contributed by atoms with Crippen LogP contribution in [-0.4, -0.2) is 38.8 Å². The lowest BCUT2D eigenvalue weighted by Gasteiger charge is -2.13. The van der Waals surface area contributed by atoms with E-state index in [2.05, 4.69) is 77.9 Å². The van der Waals surface area contributed by atoms with Crippen molar-refractivity contribution in [3.63, 3.8) is 0 Å². The first-order valence-corrected chi connectivity index (χ1v) is 9.16. The van der Waals surface area contributed by atoms with Gasteiger partial charge in [0.05, 0.1) is 12.2 Å². The van der Waals surface area contributed by atoms with Crippen molar-refractivity contribution in [2.45, 2.75) is 39.2 Å². The highest BCUT2D eigenvalue weighted by Crippen LogP contribution is 2.14. The maximum atomic E-state index is 5.33. The Kier molecular flexibility index (Phi) is 7.51. The van der Waals surface area contributed by atoms with Crippen molar-refractivity contribution in [1.29, 1.82) is 0 Å².